The maximum absolute atomic E-state index is 11.6. The van der Waals surface area contributed by atoms with E-state index in [1.54, 1.807) is 6.92 Å². The molecule has 6 nitrogen and oxygen atoms in total. The first-order chi connectivity index (χ1) is 9.19. The minimum absolute atomic E-state index is 0.00279. The zero-order chi connectivity index (χ0) is 15.4. The third-order valence-electron chi connectivity index (χ3n) is 2.49. The molecule has 114 valence electrons. The van der Waals surface area contributed by atoms with Gasteiger partial charge in [0.05, 0.1) is 17.8 Å². The van der Waals surface area contributed by atoms with Crippen molar-refractivity contribution in [3.05, 3.63) is 23.8 Å². The van der Waals surface area contributed by atoms with Crippen molar-refractivity contribution in [2.75, 3.05) is 12.9 Å². The van der Waals surface area contributed by atoms with Crippen LogP contribution < -0.4 is 9.46 Å². The standard InChI is InChI=1S/C11H16ClNO5S2/c1-3-6-19(14,15)13-8-9-7-10(20(12,16)17)4-5-11(9)18-2/h4-5,7,13H,3,6,8H2,1-2H3. The predicted octanol–water partition coefficient (Wildman–Crippen LogP) is 1.45. The monoisotopic (exact) mass is 341 g/mol. The largest absolute Gasteiger partial charge is 0.496 e. The summed E-state index contributed by atoms with van der Waals surface area (Å²) in [7, 11) is -0.596. The number of rotatable bonds is 7. The van der Waals surface area contributed by atoms with E-state index in [1.807, 2.05) is 0 Å². The SMILES string of the molecule is CCCS(=O)(=O)NCc1cc(S(=O)(=O)Cl)ccc1OC. The number of halogens is 1. The summed E-state index contributed by atoms with van der Waals surface area (Å²) in [6.07, 6.45) is 0.489. The van der Waals surface area contributed by atoms with Crippen molar-refractivity contribution < 1.29 is 21.6 Å². The highest BCUT2D eigenvalue weighted by atomic mass is 35.7. The molecule has 1 aromatic carbocycles. The van der Waals surface area contributed by atoms with Crippen LogP contribution >= 0.6 is 10.7 Å². The van der Waals surface area contributed by atoms with E-state index in [-0.39, 0.29) is 17.2 Å². The van der Waals surface area contributed by atoms with Crippen molar-refractivity contribution in [2.45, 2.75) is 24.8 Å². The van der Waals surface area contributed by atoms with E-state index in [9.17, 15) is 16.8 Å². The Morgan fingerprint density at radius 2 is 1.90 bits per heavy atom. The van der Waals surface area contributed by atoms with Crippen LogP contribution in [0.1, 0.15) is 18.9 Å². The molecule has 0 fully saturated rings. The summed E-state index contributed by atoms with van der Waals surface area (Å²) in [5.41, 5.74) is 0.397. The quantitative estimate of drug-likeness (QED) is 0.758. The average molecular weight is 342 g/mol. The summed E-state index contributed by atoms with van der Waals surface area (Å²) in [4.78, 5) is -0.107. The van der Waals surface area contributed by atoms with Crippen molar-refractivity contribution in [1.82, 2.24) is 4.72 Å². The molecule has 0 atom stereocenters. The highest BCUT2D eigenvalue weighted by Crippen LogP contribution is 2.24. The molecule has 0 amide bonds. The maximum Gasteiger partial charge on any atom is 0.261 e. The fraction of sp³-hybridized carbons (Fsp3) is 0.455. The van der Waals surface area contributed by atoms with Gasteiger partial charge >= 0.3 is 0 Å². The van der Waals surface area contributed by atoms with Gasteiger partial charge in [-0.25, -0.2) is 21.6 Å². The first kappa shape index (κ1) is 17.2. The molecular weight excluding hydrogens is 326 g/mol. The van der Waals surface area contributed by atoms with Crippen molar-refractivity contribution >= 4 is 29.8 Å². The fourth-order valence-electron chi connectivity index (χ4n) is 1.57. The lowest BCUT2D eigenvalue weighted by Crippen LogP contribution is -2.25. The Kier molecular flexibility index (Phi) is 5.81. The molecular formula is C11H16ClNO5S2. The lowest BCUT2D eigenvalue weighted by atomic mass is 10.2. The molecule has 9 heteroatoms. The van der Waals surface area contributed by atoms with E-state index < -0.39 is 19.1 Å². The van der Waals surface area contributed by atoms with Crippen LogP contribution in [0.3, 0.4) is 0 Å². The molecule has 1 rings (SSSR count). The molecule has 20 heavy (non-hydrogen) atoms. The van der Waals surface area contributed by atoms with Gasteiger partial charge in [-0.15, -0.1) is 0 Å². The molecule has 0 spiro atoms. The number of hydrogen-bond donors (Lipinski definition) is 1. The fourth-order valence-corrected chi connectivity index (χ4v) is 3.43. The van der Waals surface area contributed by atoms with Gasteiger partial charge in [0.1, 0.15) is 5.75 Å². The second-order valence-electron chi connectivity index (χ2n) is 4.05. The van der Waals surface area contributed by atoms with Crippen LogP contribution in [0.2, 0.25) is 0 Å². The molecule has 0 saturated carbocycles. The average Bonchev–Trinajstić information content (AvgIpc) is 2.35. The van der Waals surface area contributed by atoms with Crippen LogP contribution in [0.15, 0.2) is 23.1 Å². The Morgan fingerprint density at radius 1 is 1.25 bits per heavy atom. The highest BCUT2D eigenvalue weighted by molar-refractivity contribution is 8.13. The Labute approximate surface area is 123 Å². The van der Waals surface area contributed by atoms with Crippen LogP contribution in [0.25, 0.3) is 0 Å². The highest BCUT2D eigenvalue weighted by Gasteiger charge is 2.15. The van der Waals surface area contributed by atoms with Crippen LogP contribution in [-0.4, -0.2) is 29.7 Å². The third kappa shape index (κ3) is 4.93. The Hall–Kier alpha value is -0.830. The Balaban J connectivity index is 3.04. The molecule has 0 aliphatic heterocycles. The molecule has 0 aliphatic carbocycles. The van der Waals surface area contributed by atoms with Gasteiger partial charge in [-0.1, -0.05) is 6.92 Å². The molecule has 0 saturated heterocycles. The van der Waals surface area contributed by atoms with Gasteiger partial charge in [-0.3, -0.25) is 0 Å². The van der Waals surface area contributed by atoms with Crippen LogP contribution in [0.5, 0.6) is 5.75 Å². The lowest BCUT2D eigenvalue weighted by molar-refractivity contribution is 0.408. The van der Waals surface area contributed by atoms with Gasteiger partial charge in [0, 0.05) is 22.8 Å². The summed E-state index contributed by atoms with van der Waals surface area (Å²) in [6, 6.07) is 4.01. The summed E-state index contributed by atoms with van der Waals surface area (Å²) in [5, 5.41) is 0. The summed E-state index contributed by atoms with van der Waals surface area (Å²) in [5.74, 6) is 0.385. The number of nitrogens with one attached hydrogen (secondary N) is 1. The molecule has 0 radical (unpaired) electrons. The van der Waals surface area contributed by atoms with Gasteiger partial charge in [0.25, 0.3) is 9.05 Å². The number of sulfonamides is 1. The molecule has 0 aromatic heterocycles. The summed E-state index contributed by atoms with van der Waals surface area (Å²) in [6.45, 7) is 1.69. The number of hydrogen-bond acceptors (Lipinski definition) is 5. The van der Waals surface area contributed by atoms with Crippen molar-refractivity contribution in [3.63, 3.8) is 0 Å². The van der Waals surface area contributed by atoms with E-state index in [4.69, 9.17) is 15.4 Å². The van der Waals surface area contributed by atoms with Crippen LogP contribution in [-0.2, 0) is 25.6 Å². The van der Waals surface area contributed by atoms with E-state index in [0.717, 1.165) is 0 Å². The first-order valence-corrected chi connectivity index (χ1v) is 9.74. The number of benzene rings is 1. The number of methoxy groups -OCH3 is 1. The second-order valence-corrected chi connectivity index (χ2v) is 8.54. The predicted molar refractivity (Wildman–Crippen MR) is 77.0 cm³/mol. The zero-order valence-electron chi connectivity index (χ0n) is 11.1. The first-order valence-electron chi connectivity index (χ1n) is 5.78. The molecule has 1 aromatic rings. The van der Waals surface area contributed by atoms with E-state index >= 15 is 0 Å². The number of ether oxygens (including phenoxy) is 1. The minimum atomic E-state index is -3.87. The van der Waals surface area contributed by atoms with Crippen molar-refractivity contribution in [3.8, 4) is 5.75 Å². The van der Waals surface area contributed by atoms with Gasteiger partial charge < -0.3 is 4.74 Å². The topological polar surface area (TPSA) is 89.5 Å². The van der Waals surface area contributed by atoms with E-state index in [1.165, 1.54) is 25.3 Å². The smallest absolute Gasteiger partial charge is 0.261 e. The van der Waals surface area contributed by atoms with Crippen molar-refractivity contribution in [2.24, 2.45) is 0 Å². The van der Waals surface area contributed by atoms with Gasteiger partial charge in [0.2, 0.25) is 10.0 Å². The molecule has 0 bridgehead atoms. The Bertz CT molecular complexity index is 670. The second kappa shape index (κ2) is 6.75. The van der Waals surface area contributed by atoms with Crippen molar-refractivity contribution in [1.29, 1.82) is 0 Å². The van der Waals surface area contributed by atoms with Gasteiger partial charge in [0.15, 0.2) is 0 Å². The maximum atomic E-state index is 11.6. The lowest BCUT2D eigenvalue weighted by Gasteiger charge is -2.11. The molecule has 0 heterocycles. The van der Waals surface area contributed by atoms with Crippen LogP contribution in [0.4, 0.5) is 0 Å². The molecule has 1 N–H and O–H groups in total. The Morgan fingerprint density at radius 3 is 2.40 bits per heavy atom. The van der Waals surface area contributed by atoms with E-state index in [0.29, 0.717) is 17.7 Å². The zero-order valence-corrected chi connectivity index (χ0v) is 13.5. The third-order valence-corrected chi connectivity index (χ3v) is 5.37. The van der Waals surface area contributed by atoms with E-state index in [2.05, 4.69) is 4.72 Å². The van der Waals surface area contributed by atoms with Gasteiger partial charge in [-0.05, 0) is 24.6 Å². The normalized spacial score (nSPS) is 12.3. The summed E-state index contributed by atoms with van der Waals surface area (Å²) < 4.78 is 53.2. The molecule has 0 unspecified atom stereocenters. The van der Waals surface area contributed by atoms with Gasteiger partial charge in [-0.2, -0.15) is 0 Å². The van der Waals surface area contributed by atoms with Crippen LogP contribution in [0, 0.1) is 0 Å². The molecule has 0 aliphatic rings. The minimum Gasteiger partial charge on any atom is -0.496 e. The summed E-state index contributed by atoms with van der Waals surface area (Å²) >= 11 is 0.